The maximum atomic E-state index is 5.77. The molecule has 19 heavy (non-hydrogen) atoms. The van der Waals surface area contributed by atoms with E-state index in [-0.39, 0.29) is 11.5 Å². The summed E-state index contributed by atoms with van der Waals surface area (Å²) >= 11 is 0. The fourth-order valence-corrected chi connectivity index (χ4v) is 2.17. The molecule has 2 aromatic rings. The molecule has 1 radical (unpaired) electrons. The van der Waals surface area contributed by atoms with Gasteiger partial charge in [0.25, 0.3) is 0 Å². The molecule has 101 valence electrons. The van der Waals surface area contributed by atoms with Crippen molar-refractivity contribution in [3.8, 4) is 0 Å². The number of anilines is 2. The van der Waals surface area contributed by atoms with Gasteiger partial charge in [0.15, 0.2) is 17.0 Å². The normalized spacial score (nSPS) is 16.8. The zero-order valence-electron chi connectivity index (χ0n) is 11.1. The molecule has 3 rings (SSSR count). The van der Waals surface area contributed by atoms with Crippen molar-refractivity contribution in [2.45, 2.75) is 25.0 Å². The smallest absolute Gasteiger partial charge is 0.224 e. The SMILES string of the molecule is [CH2]OC1(Cn2cnc3c(N(C)C)nc(N)nc32)CC1. The van der Waals surface area contributed by atoms with Gasteiger partial charge in [-0.2, -0.15) is 9.97 Å². The Bertz CT molecular complexity index is 616. The molecule has 0 spiro atoms. The molecule has 0 atom stereocenters. The van der Waals surface area contributed by atoms with Gasteiger partial charge in [0.05, 0.1) is 25.6 Å². The molecular formula is C12H17N6O. The molecule has 1 aliphatic rings. The minimum Gasteiger partial charge on any atom is -0.371 e. The molecule has 0 aliphatic heterocycles. The van der Waals surface area contributed by atoms with Crippen molar-refractivity contribution >= 4 is 22.9 Å². The molecule has 2 aromatic heterocycles. The molecule has 0 saturated heterocycles. The number of rotatable bonds is 4. The van der Waals surface area contributed by atoms with Gasteiger partial charge in [-0.3, -0.25) is 0 Å². The Balaban J connectivity index is 2.07. The number of hydrogen-bond acceptors (Lipinski definition) is 6. The number of aromatic nitrogens is 4. The Kier molecular flexibility index (Phi) is 2.60. The first kappa shape index (κ1) is 12.2. The van der Waals surface area contributed by atoms with Crippen molar-refractivity contribution in [3.05, 3.63) is 13.4 Å². The minimum atomic E-state index is -0.161. The third-order valence-electron chi connectivity index (χ3n) is 3.46. The molecular weight excluding hydrogens is 244 g/mol. The second kappa shape index (κ2) is 4.06. The lowest BCUT2D eigenvalue weighted by atomic mass is 10.3. The van der Waals surface area contributed by atoms with Crippen molar-refractivity contribution < 1.29 is 4.74 Å². The maximum Gasteiger partial charge on any atom is 0.224 e. The van der Waals surface area contributed by atoms with Crippen LogP contribution in [0.25, 0.3) is 11.2 Å². The summed E-state index contributed by atoms with van der Waals surface area (Å²) in [5, 5.41) is 0. The first-order valence-corrected chi connectivity index (χ1v) is 6.13. The molecule has 7 heteroatoms. The molecule has 0 aromatic carbocycles. The highest BCUT2D eigenvalue weighted by atomic mass is 16.5. The van der Waals surface area contributed by atoms with Crippen LogP contribution >= 0.6 is 0 Å². The van der Waals surface area contributed by atoms with E-state index in [0.717, 1.165) is 29.8 Å². The van der Waals surface area contributed by atoms with E-state index in [4.69, 9.17) is 10.5 Å². The highest BCUT2D eigenvalue weighted by Crippen LogP contribution is 2.41. The highest BCUT2D eigenvalue weighted by Gasteiger charge is 2.43. The topological polar surface area (TPSA) is 82.1 Å². The van der Waals surface area contributed by atoms with Crippen molar-refractivity contribution in [1.29, 1.82) is 0 Å². The second-order valence-electron chi connectivity index (χ2n) is 5.17. The fourth-order valence-electron chi connectivity index (χ4n) is 2.17. The van der Waals surface area contributed by atoms with Crippen molar-refractivity contribution in [2.24, 2.45) is 0 Å². The van der Waals surface area contributed by atoms with Gasteiger partial charge in [0, 0.05) is 14.1 Å². The summed E-state index contributed by atoms with van der Waals surface area (Å²) in [6.07, 6.45) is 3.78. The lowest BCUT2D eigenvalue weighted by molar-refractivity contribution is 0.0980. The molecule has 2 N–H and O–H groups in total. The Labute approximate surface area is 111 Å². The maximum absolute atomic E-state index is 5.77. The summed E-state index contributed by atoms with van der Waals surface area (Å²) in [5.41, 5.74) is 7.09. The van der Waals surface area contributed by atoms with E-state index in [1.165, 1.54) is 0 Å². The second-order valence-corrected chi connectivity index (χ2v) is 5.17. The van der Waals surface area contributed by atoms with Crippen LogP contribution in [0.15, 0.2) is 6.33 Å². The Morgan fingerprint density at radius 3 is 2.79 bits per heavy atom. The van der Waals surface area contributed by atoms with Crippen molar-refractivity contribution in [2.75, 3.05) is 24.7 Å². The van der Waals surface area contributed by atoms with Gasteiger partial charge in [-0.25, -0.2) is 4.98 Å². The summed E-state index contributed by atoms with van der Waals surface area (Å²) in [7, 11) is 7.35. The van der Waals surface area contributed by atoms with E-state index in [1.54, 1.807) is 6.33 Å². The predicted molar refractivity (Wildman–Crippen MR) is 72.5 cm³/mol. The largest absolute Gasteiger partial charge is 0.371 e. The van der Waals surface area contributed by atoms with Crippen LogP contribution in [0.2, 0.25) is 0 Å². The van der Waals surface area contributed by atoms with Gasteiger partial charge in [0.1, 0.15) is 0 Å². The summed E-state index contributed by atoms with van der Waals surface area (Å²) in [4.78, 5) is 14.8. The van der Waals surface area contributed by atoms with E-state index in [0.29, 0.717) is 6.54 Å². The number of nitrogens with two attached hydrogens (primary N) is 1. The van der Waals surface area contributed by atoms with Crippen molar-refractivity contribution in [1.82, 2.24) is 19.5 Å². The van der Waals surface area contributed by atoms with Gasteiger partial charge in [-0.1, -0.05) is 0 Å². The first-order chi connectivity index (χ1) is 9.04. The lowest BCUT2D eigenvalue weighted by Crippen LogP contribution is -2.19. The highest BCUT2D eigenvalue weighted by molar-refractivity contribution is 5.84. The predicted octanol–water partition coefficient (Wildman–Crippen LogP) is 0.815. The van der Waals surface area contributed by atoms with Gasteiger partial charge >= 0.3 is 0 Å². The lowest BCUT2D eigenvalue weighted by Gasteiger charge is -2.15. The monoisotopic (exact) mass is 261 g/mol. The van der Waals surface area contributed by atoms with Gasteiger partial charge in [-0.15, -0.1) is 0 Å². The number of ether oxygens (including phenoxy) is 1. The fraction of sp³-hybridized carbons (Fsp3) is 0.500. The van der Waals surface area contributed by atoms with Crippen LogP contribution < -0.4 is 10.6 Å². The summed E-state index contributed by atoms with van der Waals surface area (Å²) in [5.74, 6) is 0.972. The zero-order valence-corrected chi connectivity index (χ0v) is 11.1. The zero-order chi connectivity index (χ0) is 13.6. The standard InChI is InChI=1S/C12H17N6O/c1-17(2)9-8-10(16-11(13)15-9)18(7-14-8)6-12(19-3)4-5-12/h7H,3-6H2,1-2H3,(H2,13,15,16). The first-order valence-electron chi connectivity index (χ1n) is 6.13. The number of nitrogen functional groups attached to an aromatic ring is 1. The van der Waals surface area contributed by atoms with Crippen molar-refractivity contribution in [3.63, 3.8) is 0 Å². The molecule has 0 bridgehead atoms. The Morgan fingerprint density at radius 1 is 1.47 bits per heavy atom. The average molecular weight is 261 g/mol. The minimum absolute atomic E-state index is 0.161. The van der Waals surface area contributed by atoms with Crippen LogP contribution in [0.1, 0.15) is 12.8 Å². The van der Waals surface area contributed by atoms with Crippen LogP contribution in [0, 0.1) is 7.11 Å². The number of hydrogen-bond donors (Lipinski definition) is 1. The van der Waals surface area contributed by atoms with Crippen LogP contribution in [-0.2, 0) is 11.3 Å². The quantitative estimate of drug-likeness (QED) is 0.877. The van der Waals surface area contributed by atoms with E-state index in [9.17, 15) is 0 Å². The number of fused-ring (bicyclic) bond motifs is 1. The summed E-state index contributed by atoms with van der Waals surface area (Å²) in [6.45, 7) is 0.691. The van der Waals surface area contributed by atoms with Crippen LogP contribution in [0.5, 0.6) is 0 Å². The van der Waals surface area contributed by atoms with E-state index in [2.05, 4.69) is 22.1 Å². The van der Waals surface area contributed by atoms with Gasteiger partial charge in [-0.05, 0) is 12.8 Å². The molecule has 1 saturated carbocycles. The molecule has 7 nitrogen and oxygen atoms in total. The van der Waals surface area contributed by atoms with E-state index < -0.39 is 0 Å². The third kappa shape index (κ3) is 1.99. The Morgan fingerprint density at radius 2 is 2.21 bits per heavy atom. The number of nitrogens with zero attached hydrogens (tertiary/aromatic N) is 5. The van der Waals surface area contributed by atoms with Crippen LogP contribution in [0.3, 0.4) is 0 Å². The Hall–Kier alpha value is -1.89. The molecule has 1 aliphatic carbocycles. The van der Waals surface area contributed by atoms with E-state index in [1.807, 2.05) is 23.6 Å². The molecule has 2 heterocycles. The molecule has 0 unspecified atom stereocenters. The summed E-state index contributed by atoms with van der Waals surface area (Å²) in [6, 6.07) is 0. The molecule has 0 amide bonds. The van der Waals surface area contributed by atoms with Crippen LogP contribution in [0.4, 0.5) is 11.8 Å². The molecule has 1 fully saturated rings. The van der Waals surface area contributed by atoms with Gasteiger partial charge < -0.3 is 19.9 Å². The number of imidazole rings is 1. The third-order valence-corrected chi connectivity index (χ3v) is 3.46. The van der Waals surface area contributed by atoms with Gasteiger partial charge in [0.2, 0.25) is 5.95 Å². The average Bonchev–Trinajstić information content (AvgIpc) is 3.05. The van der Waals surface area contributed by atoms with E-state index >= 15 is 0 Å². The summed E-state index contributed by atoms with van der Waals surface area (Å²) < 4.78 is 7.25. The van der Waals surface area contributed by atoms with Crippen LogP contribution in [-0.4, -0.2) is 39.2 Å².